The third kappa shape index (κ3) is 4.30. The summed E-state index contributed by atoms with van der Waals surface area (Å²) in [5, 5.41) is 14.3. The largest absolute Gasteiger partial charge is 0.508 e. The van der Waals surface area contributed by atoms with Crippen LogP contribution in [0, 0.1) is 6.92 Å². The highest BCUT2D eigenvalue weighted by Crippen LogP contribution is 2.36. The van der Waals surface area contributed by atoms with Crippen molar-refractivity contribution in [1.82, 2.24) is 9.88 Å². The molecule has 2 aromatic carbocycles. The number of fused-ring (bicyclic) bond motifs is 1. The van der Waals surface area contributed by atoms with Crippen molar-refractivity contribution in [1.29, 1.82) is 0 Å². The first kappa shape index (κ1) is 20.9. The van der Waals surface area contributed by atoms with E-state index in [1.54, 1.807) is 6.07 Å². The molecule has 152 valence electrons. The molecule has 0 aliphatic rings. The zero-order valence-electron chi connectivity index (χ0n) is 18.3. The summed E-state index contributed by atoms with van der Waals surface area (Å²) in [6, 6.07) is 14.5. The van der Waals surface area contributed by atoms with Crippen LogP contribution in [0.25, 0.3) is 16.5 Å². The average Bonchev–Trinajstić information content (AvgIpc) is 2.92. The summed E-state index contributed by atoms with van der Waals surface area (Å²) in [5.41, 5.74) is 9.62. The van der Waals surface area contributed by atoms with E-state index in [9.17, 15) is 5.11 Å². The number of likely N-dealkylation sites (N-methyl/N-ethyl adjacent to an activating group) is 1. The van der Waals surface area contributed by atoms with E-state index in [0.717, 1.165) is 36.0 Å². The highest BCUT2D eigenvalue weighted by Gasteiger charge is 2.19. The number of nitrogens with zero attached hydrogens (tertiary/aromatic N) is 1. The number of hydrogen-bond donors (Lipinski definition) is 2. The third-order valence-corrected chi connectivity index (χ3v) is 5.49. The zero-order valence-corrected chi connectivity index (χ0v) is 18.3. The Morgan fingerprint density at radius 3 is 2.28 bits per heavy atom. The molecule has 3 rings (SSSR count). The predicted molar refractivity (Wildman–Crippen MR) is 125 cm³/mol. The van der Waals surface area contributed by atoms with Gasteiger partial charge in [-0.05, 0) is 93.7 Å². The van der Waals surface area contributed by atoms with Crippen molar-refractivity contribution < 1.29 is 5.11 Å². The van der Waals surface area contributed by atoms with E-state index < -0.39 is 0 Å². The first-order valence-electron chi connectivity index (χ1n) is 10.2. The molecule has 0 fully saturated rings. The van der Waals surface area contributed by atoms with Crippen LogP contribution in [0.1, 0.15) is 43.2 Å². The van der Waals surface area contributed by atoms with Crippen LogP contribution >= 0.6 is 0 Å². The van der Waals surface area contributed by atoms with Gasteiger partial charge in [-0.2, -0.15) is 0 Å². The summed E-state index contributed by atoms with van der Waals surface area (Å²) in [6.07, 6.45) is 1.03. The van der Waals surface area contributed by atoms with Crippen LogP contribution in [0.4, 0.5) is 0 Å². The summed E-state index contributed by atoms with van der Waals surface area (Å²) in [7, 11) is 1.98. The second kappa shape index (κ2) is 8.71. The normalized spacial score (nSPS) is 11.1. The zero-order chi connectivity index (χ0) is 21.1. The van der Waals surface area contributed by atoms with Crippen molar-refractivity contribution >= 4 is 16.5 Å². The number of allylic oxidation sites excluding steroid dienone is 3. The summed E-state index contributed by atoms with van der Waals surface area (Å²) >= 11 is 0. The number of nitrogens with one attached hydrogen (secondary N) is 1. The summed E-state index contributed by atoms with van der Waals surface area (Å²) in [5.74, 6) is 0.298. The molecule has 0 spiro atoms. The molecular formula is C26H32N2O. The lowest BCUT2D eigenvalue weighted by atomic mass is 9.97. The molecule has 0 radical (unpaired) electrons. The van der Waals surface area contributed by atoms with Gasteiger partial charge in [-0.1, -0.05) is 36.4 Å². The highest BCUT2D eigenvalue weighted by molar-refractivity contribution is 5.94. The Bertz CT molecular complexity index is 1060. The molecule has 0 amide bonds. The highest BCUT2D eigenvalue weighted by atomic mass is 16.3. The second-order valence-corrected chi connectivity index (χ2v) is 8.09. The average molecular weight is 389 g/mol. The van der Waals surface area contributed by atoms with E-state index in [0.29, 0.717) is 5.75 Å². The smallest absolute Gasteiger partial charge is 0.116 e. The molecule has 1 aromatic heterocycles. The van der Waals surface area contributed by atoms with Gasteiger partial charge in [0.2, 0.25) is 0 Å². The monoisotopic (exact) mass is 388 g/mol. The maximum atomic E-state index is 10.1. The Balaban J connectivity index is 2.14. The minimum atomic E-state index is 0.298. The van der Waals surface area contributed by atoms with E-state index >= 15 is 0 Å². The number of hydrogen-bond acceptors (Lipinski definition) is 2. The van der Waals surface area contributed by atoms with Crippen LogP contribution in [0.3, 0.4) is 0 Å². The topological polar surface area (TPSA) is 37.2 Å². The molecule has 0 aliphatic heterocycles. The van der Waals surface area contributed by atoms with Crippen molar-refractivity contribution in [2.24, 2.45) is 0 Å². The molecular weight excluding hydrogens is 356 g/mol. The molecule has 0 atom stereocenters. The molecule has 0 saturated heterocycles. The predicted octanol–water partition coefficient (Wildman–Crippen LogP) is 5.84. The molecule has 2 N–H and O–H groups in total. The van der Waals surface area contributed by atoms with Crippen LogP contribution in [0.15, 0.2) is 60.2 Å². The van der Waals surface area contributed by atoms with E-state index in [2.05, 4.69) is 68.4 Å². The van der Waals surface area contributed by atoms with Crippen LogP contribution in [0.5, 0.6) is 5.75 Å². The summed E-state index contributed by atoms with van der Waals surface area (Å²) in [4.78, 5) is 0. The SMILES string of the molecule is C=C(C)C(=C(C)C)c1c(C)c2cc(O)ccc2n1Cc1ccc(CCNC)cc1. The van der Waals surface area contributed by atoms with Crippen molar-refractivity contribution in [2.75, 3.05) is 13.6 Å². The van der Waals surface area contributed by atoms with E-state index in [1.807, 2.05) is 19.2 Å². The Morgan fingerprint density at radius 1 is 1.03 bits per heavy atom. The standard InChI is InChI=1S/C26H32N2O/c1-17(2)25(18(3)4)26-19(5)23-15-22(29)11-12-24(23)28(26)16-21-9-7-20(8-10-21)13-14-27-6/h7-12,15,27,29H,1,13-14,16H2,2-6H3. The van der Waals surface area contributed by atoms with Gasteiger partial charge in [0, 0.05) is 17.4 Å². The first-order valence-corrected chi connectivity index (χ1v) is 10.2. The molecule has 1 heterocycles. The van der Waals surface area contributed by atoms with E-state index in [1.165, 1.54) is 33.5 Å². The molecule has 3 nitrogen and oxygen atoms in total. The fraction of sp³-hybridized carbons (Fsp3) is 0.308. The van der Waals surface area contributed by atoms with Gasteiger partial charge in [0.05, 0.1) is 5.69 Å². The van der Waals surface area contributed by atoms with Crippen molar-refractivity contribution in [2.45, 2.75) is 40.7 Å². The van der Waals surface area contributed by atoms with Crippen LogP contribution in [0.2, 0.25) is 0 Å². The van der Waals surface area contributed by atoms with Gasteiger partial charge in [0.1, 0.15) is 5.75 Å². The molecule has 0 aliphatic carbocycles. The minimum Gasteiger partial charge on any atom is -0.508 e. The van der Waals surface area contributed by atoms with Crippen molar-refractivity contribution in [3.63, 3.8) is 0 Å². The Morgan fingerprint density at radius 2 is 1.69 bits per heavy atom. The summed E-state index contributed by atoms with van der Waals surface area (Å²) < 4.78 is 2.36. The Hall–Kier alpha value is -2.78. The number of aromatic nitrogens is 1. The second-order valence-electron chi connectivity index (χ2n) is 8.09. The third-order valence-electron chi connectivity index (χ3n) is 5.49. The minimum absolute atomic E-state index is 0.298. The lowest BCUT2D eigenvalue weighted by Gasteiger charge is -2.17. The van der Waals surface area contributed by atoms with E-state index in [4.69, 9.17) is 0 Å². The van der Waals surface area contributed by atoms with Crippen LogP contribution in [-0.4, -0.2) is 23.3 Å². The van der Waals surface area contributed by atoms with Crippen molar-refractivity contribution in [3.05, 3.63) is 82.6 Å². The number of aromatic hydroxyl groups is 1. The Labute approximate surface area is 174 Å². The first-order chi connectivity index (χ1) is 13.8. The number of phenols is 1. The van der Waals surface area contributed by atoms with Gasteiger partial charge >= 0.3 is 0 Å². The quantitative estimate of drug-likeness (QED) is 0.499. The number of rotatable bonds is 7. The van der Waals surface area contributed by atoms with Gasteiger partial charge in [0.15, 0.2) is 0 Å². The van der Waals surface area contributed by atoms with Gasteiger partial charge in [0.25, 0.3) is 0 Å². The number of phenolic OH excluding ortho intramolecular Hbond substituents is 1. The number of aryl methyl sites for hydroxylation is 1. The van der Waals surface area contributed by atoms with Gasteiger partial charge in [-0.25, -0.2) is 0 Å². The van der Waals surface area contributed by atoms with Gasteiger partial charge in [-0.3, -0.25) is 0 Å². The van der Waals surface area contributed by atoms with Gasteiger partial charge in [-0.15, -0.1) is 0 Å². The van der Waals surface area contributed by atoms with E-state index in [-0.39, 0.29) is 0 Å². The summed E-state index contributed by atoms with van der Waals surface area (Å²) in [6.45, 7) is 14.5. The van der Waals surface area contributed by atoms with Crippen LogP contribution < -0.4 is 5.32 Å². The Kier molecular flexibility index (Phi) is 6.29. The fourth-order valence-electron chi connectivity index (χ4n) is 4.13. The molecule has 0 unspecified atom stereocenters. The molecule has 3 aromatic rings. The van der Waals surface area contributed by atoms with Crippen LogP contribution in [-0.2, 0) is 13.0 Å². The fourth-order valence-corrected chi connectivity index (χ4v) is 4.13. The molecule has 0 saturated carbocycles. The maximum Gasteiger partial charge on any atom is 0.116 e. The molecule has 29 heavy (non-hydrogen) atoms. The number of benzene rings is 2. The molecule has 0 bridgehead atoms. The molecule has 3 heteroatoms. The lowest BCUT2D eigenvalue weighted by molar-refractivity contribution is 0.476. The van der Waals surface area contributed by atoms with Gasteiger partial charge < -0.3 is 15.0 Å². The lowest BCUT2D eigenvalue weighted by Crippen LogP contribution is -2.10. The maximum absolute atomic E-state index is 10.1. The van der Waals surface area contributed by atoms with Crippen molar-refractivity contribution in [3.8, 4) is 5.75 Å².